The maximum atomic E-state index is 3.57. The second-order valence-corrected chi connectivity index (χ2v) is 5.21. The second kappa shape index (κ2) is 4.53. The molecule has 1 aromatic heterocycles. The van der Waals surface area contributed by atoms with Crippen LogP contribution in [0.1, 0.15) is 36.2 Å². The molecule has 2 aromatic rings. The molecule has 0 saturated carbocycles. The van der Waals surface area contributed by atoms with Gasteiger partial charge in [0.2, 0.25) is 0 Å². The van der Waals surface area contributed by atoms with Crippen LogP contribution in [0.15, 0.2) is 12.1 Å². The number of aryl methyl sites for hydroxylation is 3. The lowest BCUT2D eigenvalue weighted by molar-refractivity contribution is 0.582. The number of rotatable bonds is 3. The topological polar surface area (TPSA) is 27.8 Å². The molecule has 1 aromatic carbocycles. The maximum Gasteiger partial charge on any atom is 0.0491 e. The normalized spacial score (nSPS) is 11.6. The van der Waals surface area contributed by atoms with E-state index in [9.17, 15) is 0 Å². The van der Waals surface area contributed by atoms with Crippen molar-refractivity contribution in [2.24, 2.45) is 0 Å². The highest BCUT2D eigenvalue weighted by Gasteiger charge is 2.11. The lowest BCUT2D eigenvalue weighted by atomic mass is 10.0. The summed E-state index contributed by atoms with van der Waals surface area (Å²) in [6, 6.07) is 4.91. The number of nitrogens with one attached hydrogen (secondary N) is 2. The molecule has 0 saturated heterocycles. The minimum Gasteiger partial charge on any atom is -0.357 e. The van der Waals surface area contributed by atoms with Crippen LogP contribution in [0.5, 0.6) is 0 Å². The molecule has 2 nitrogen and oxygen atoms in total. The van der Waals surface area contributed by atoms with Crippen molar-refractivity contribution in [1.29, 1.82) is 0 Å². The molecule has 17 heavy (non-hydrogen) atoms. The highest BCUT2D eigenvalue weighted by Crippen LogP contribution is 2.27. The molecule has 0 aliphatic carbocycles. The minimum atomic E-state index is 0.517. The largest absolute Gasteiger partial charge is 0.357 e. The van der Waals surface area contributed by atoms with Crippen LogP contribution >= 0.6 is 0 Å². The molecule has 0 bridgehead atoms. The van der Waals surface area contributed by atoms with Crippen LogP contribution < -0.4 is 5.32 Å². The van der Waals surface area contributed by atoms with Gasteiger partial charge in [-0.25, -0.2) is 0 Å². The number of aromatic amines is 1. The van der Waals surface area contributed by atoms with E-state index in [4.69, 9.17) is 0 Å². The first-order chi connectivity index (χ1) is 8.00. The summed E-state index contributed by atoms with van der Waals surface area (Å²) in [5, 5.41) is 4.87. The molecule has 0 fully saturated rings. The van der Waals surface area contributed by atoms with E-state index in [1.165, 1.54) is 33.3 Å². The summed E-state index contributed by atoms with van der Waals surface area (Å²) < 4.78 is 0. The van der Waals surface area contributed by atoms with Crippen LogP contribution in [0.2, 0.25) is 0 Å². The number of aromatic nitrogens is 1. The third-order valence-electron chi connectivity index (χ3n) is 3.41. The van der Waals surface area contributed by atoms with E-state index in [1.54, 1.807) is 0 Å². The zero-order chi connectivity index (χ0) is 12.6. The van der Waals surface area contributed by atoms with Gasteiger partial charge in [0.1, 0.15) is 0 Å². The van der Waals surface area contributed by atoms with Crippen molar-refractivity contribution in [2.75, 3.05) is 0 Å². The van der Waals surface area contributed by atoms with Gasteiger partial charge in [-0.2, -0.15) is 0 Å². The Kier molecular flexibility index (Phi) is 3.25. The quantitative estimate of drug-likeness (QED) is 0.828. The fourth-order valence-corrected chi connectivity index (χ4v) is 2.33. The van der Waals surface area contributed by atoms with E-state index in [1.807, 2.05) is 0 Å². The molecule has 2 N–H and O–H groups in total. The summed E-state index contributed by atoms with van der Waals surface area (Å²) >= 11 is 0. The lowest BCUT2D eigenvalue weighted by Gasteiger charge is -2.07. The van der Waals surface area contributed by atoms with Crippen LogP contribution in [0.4, 0.5) is 0 Å². The van der Waals surface area contributed by atoms with E-state index in [-0.39, 0.29) is 0 Å². The molecule has 92 valence electrons. The minimum absolute atomic E-state index is 0.517. The van der Waals surface area contributed by atoms with Crippen molar-refractivity contribution < 1.29 is 0 Å². The van der Waals surface area contributed by atoms with Crippen molar-refractivity contribution >= 4 is 10.9 Å². The molecule has 2 rings (SSSR count). The lowest BCUT2D eigenvalue weighted by Crippen LogP contribution is -2.22. The van der Waals surface area contributed by atoms with E-state index in [0.717, 1.165) is 6.54 Å². The summed E-state index contributed by atoms with van der Waals surface area (Å²) in [5.41, 5.74) is 6.67. The first kappa shape index (κ1) is 12.2. The highest BCUT2D eigenvalue weighted by molar-refractivity contribution is 5.89. The first-order valence-corrected chi connectivity index (χ1v) is 6.31. The summed E-state index contributed by atoms with van der Waals surface area (Å²) in [4.78, 5) is 3.57. The van der Waals surface area contributed by atoms with Gasteiger partial charge >= 0.3 is 0 Å². The Morgan fingerprint density at radius 2 is 1.76 bits per heavy atom. The molecule has 0 radical (unpaired) electrons. The molecule has 0 unspecified atom stereocenters. The Bertz CT molecular complexity index is 535. The van der Waals surface area contributed by atoms with E-state index < -0.39 is 0 Å². The summed E-state index contributed by atoms with van der Waals surface area (Å²) in [5.74, 6) is 0. The Morgan fingerprint density at radius 3 is 2.35 bits per heavy atom. The van der Waals surface area contributed by atoms with Gasteiger partial charge < -0.3 is 10.3 Å². The van der Waals surface area contributed by atoms with Crippen molar-refractivity contribution in [3.8, 4) is 0 Å². The average molecular weight is 230 g/mol. The van der Waals surface area contributed by atoms with Crippen LogP contribution in [0, 0.1) is 20.8 Å². The van der Waals surface area contributed by atoms with Gasteiger partial charge in [-0.1, -0.05) is 26.0 Å². The summed E-state index contributed by atoms with van der Waals surface area (Å²) in [6.45, 7) is 11.8. The molecule has 0 spiro atoms. The second-order valence-electron chi connectivity index (χ2n) is 5.21. The molecule has 0 amide bonds. The van der Waals surface area contributed by atoms with Gasteiger partial charge in [-0.3, -0.25) is 0 Å². The molecular formula is C15H22N2. The molecule has 1 heterocycles. The highest BCUT2D eigenvalue weighted by atomic mass is 14.9. The number of H-pyrrole nitrogens is 1. The van der Waals surface area contributed by atoms with Crippen molar-refractivity contribution in [2.45, 2.75) is 47.2 Å². The van der Waals surface area contributed by atoms with Crippen molar-refractivity contribution in [3.63, 3.8) is 0 Å². The number of hydrogen-bond donors (Lipinski definition) is 2. The Hall–Kier alpha value is -1.28. The Labute approximate surface area is 103 Å². The predicted octanol–water partition coefficient (Wildman–Crippen LogP) is 3.59. The number of hydrogen-bond acceptors (Lipinski definition) is 1. The van der Waals surface area contributed by atoms with Gasteiger partial charge in [-0.15, -0.1) is 0 Å². The smallest absolute Gasteiger partial charge is 0.0491 e. The average Bonchev–Trinajstić information content (AvgIpc) is 2.60. The zero-order valence-electron chi connectivity index (χ0n) is 11.4. The summed E-state index contributed by atoms with van der Waals surface area (Å²) in [7, 11) is 0. The fourth-order valence-electron chi connectivity index (χ4n) is 2.33. The van der Waals surface area contributed by atoms with Gasteiger partial charge in [-0.05, 0) is 37.5 Å². The van der Waals surface area contributed by atoms with Crippen molar-refractivity contribution in [1.82, 2.24) is 10.3 Å². The zero-order valence-corrected chi connectivity index (χ0v) is 11.4. The first-order valence-electron chi connectivity index (χ1n) is 6.31. The predicted molar refractivity (Wildman–Crippen MR) is 74.5 cm³/mol. The molecular weight excluding hydrogens is 208 g/mol. The fraction of sp³-hybridized carbons (Fsp3) is 0.467. The number of fused-ring (bicyclic) bond motifs is 1. The van der Waals surface area contributed by atoms with Crippen LogP contribution in [0.25, 0.3) is 10.9 Å². The van der Waals surface area contributed by atoms with E-state index >= 15 is 0 Å². The SMILES string of the molecule is Cc1ccc(C)c2c(C)c(CNC(C)C)[nH]c12. The Morgan fingerprint density at radius 1 is 1.12 bits per heavy atom. The van der Waals surface area contributed by atoms with Crippen LogP contribution in [0.3, 0.4) is 0 Å². The standard InChI is InChI=1S/C15H22N2/c1-9(2)16-8-13-12(5)14-10(3)6-7-11(4)15(14)17-13/h6-7,9,16-17H,8H2,1-5H3. The van der Waals surface area contributed by atoms with Gasteiger partial charge in [0.15, 0.2) is 0 Å². The van der Waals surface area contributed by atoms with E-state index in [2.05, 4.69) is 57.1 Å². The number of benzene rings is 1. The third-order valence-corrected chi connectivity index (χ3v) is 3.41. The summed E-state index contributed by atoms with van der Waals surface area (Å²) in [6.07, 6.45) is 0. The molecule has 0 aliphatic rings. The van der Waals surface area contributed by atoms with Crippen LogP contribution in [-0.2, 0) is 6.54 Å². The van der Waals surface area contributed by atoms with Gasteiger partial charge in [0.25, 0.3) is 0 Å². The molecule has 2 heteroatoms. The molecule has 0 aliphatic heterocycles. The monoisotopic (exact) mass is 230 g/mol. The van der Waals surface area contributed by atoms with E-state index in [0.29, 0.717) is 6.04 Å². The third kappa shape index (κ3) is 2.22. The van der Waals surface area contributed by atoms with Crippen LogP contribution in [-0.4, -0.2) is 11.0 Å². The van der Waals surface area contributed by atoms with Gasteiger partial charge in [0, 0.05) is 29.2 Å². The molecule has 0 atom stereocenters. The maximum absolute atomic E-state index is 3.57. The van der Waals surface area contributed by atoms with Crippen molar-refractivity contribution in [3.05, 3.63) is 34.5 Å². The van der Waals surface area contributed by atoms with Gasteiger partial charge in [0.05, 0.1) is 0 Å². The Balaban J connectivity index is 2.49.